The molecule has 0 aliphatic rings. The number of carbonyl (C=O) groups is 1. The van der Waals surface area contributed by atoms with Gasteiger partial charge in [0.1, 0.15) is 16.9 Å². The molecular weight excluding hydrogens is 216 g/mol. The standard InChI is InChI=1S/C14H10O3/c1-8-13(14(15)16)11-6-9-4-2-3-5-10(9)7-12(11)17-8/h2-7H,1H3,(H,15,16). The van der Waals surface area contributed by atoms with Gasteiger partial charge in [-0.15, -0.1) is 0 Å². The SMILES string of the molecule is Cc1oc2cc3ccccc3cc2c1C(=O)O. The van der Waals surface area contributed by atoms with Crippen LogP contribution in [0.2, 0.25) is 0 Å². The summed E-state index contributed by atoms with van der Waals surface area (Å²) >= 11 is 0. The van der Waals surface area contributed by atoms with Crippen molar-refractivity contribution in [2.24, 2.45) is 0 Å². The first-order valence-electron chi connectivity index (χ1n) is 5.32. The molecule has 1 aromatic heterocycles. The first kappa shape index (κ1) is 9.90. The highest BCUT2D eigenvalue weighted by molar-refractivity contribution is 6.07. The molecule has 84 valence electrons. The van der Waals surface area contributed by atoms with Crippen molar-refractivity contribution in [3.8, 4) is 0 Å². The maximum absolute atomic E-state index is 11.2. The second-order valence-corrected chi connectivity index (χ2v) is 4.03. The Hall–Kier alpha value is -2.29. The van der Waals surface area contributed by atoms with Gasteiger partial charge in [-0.3, -0.25) is 0 Å². The lowest BCUT2D eigenvalue weighted by Gasteiger charge is -1.97. The van der Waals surface area contributed by atoms with E-state index in [1.165, 1.54) is 0 Å². The van der Waals surface area contributed by atoms with Gasteiger partial charge in [0.25, 0.3) is 0 Å². The van der Waals surface area contributed by atoms with Gasteiger partial charge < -0.3 is 9.52 Å². The third kappa shape index (κ3) is 1.40. The largest absolute Gasteiger partial charge is 0.478 e. The molecule has 0 saturated carbocycles. The molecule has 0 radical (unpaired) electrons. The number of fused-ring (bicyclic) bond motifs is 2. The summed E-state index contributed by atoms with van der Waals surface area (Å²) in [6.07, 6.45) is 0. The maximum Gasteiger partial charge on any atom is 0.339 e. The maximum atomic E-state index is 11.2. The molecule has 17 heavy (non-hydrogen) atoms. The van der Waals surface area contributed by atoms with E-state index < -0.39 is 5.97 Å². The average Bonchev–Trinajstić information content (AvgIpc) is 2.60. The Bertz CT molecular complexity index is 738. The van der Waals surface area contributed by atoms with Crippen molar-refractivity contribution in [1.82, 2.24) is 0 Å². The minimum absolute atomic E-state index is 0.255. The summed E-state index contributed by atoms with van der Waals surface area (Å²) in [5.41, 5.74) is 0.879. The van der Waals surface area contributed by atoms with E-state index in [-0.39, 0.29) is 5.56 Å². The van der Waals surface area contributed by atoms with Gasteiger partial charge in [-0.05, 0) is 29.8 Å². The first-order chi connectivity index (χ1) is 8.16. The Morgan fingerprint density at radius 1 is 1.18 bits per heavy atom. The molecule has 3 aromatic rings. The van der Waals surface area contributed by atoms with E-state index >= 15 is 0 Å². The number of carboxylic acids is 1. The lowest BCUT2D eigenvalue weighted by Crippen LogP contribution is -1.96. The van der Waals surface area contributed by atoms with E-state index in [0.717, 1.165) is 10.8 Å². The van der Waals surface area contributed by atoms with Crippen LogP contribution in [0.1, 0.15) is 16.1 Å². The van der Waals surface area contributed by atoms with Crippen LogP contribution in [-0.4, -0.2) is 11.1 Å². The molecule has 0 amide bonds. The fraction of sp³-hybridized carbons (Fsp3) is 0.0714. The van der Waals surface area contributed by atoms with Crippen LogP contribution >= 0.6 is 0 Å². The zero-order chi connectivity index (χ0) is 12.0. The Kier molecular flexibility index (Phi) is 1.95. The number of hydrogen-bond donors (Lipinski definition) is 1. The van der Waals surface area contributed by atoms with Gasteiger partial charge in [0.05, 0.1) is 0 Å². The molecule has 1 heterocycles. The fourth-order valence-corrected chi connectivity index (χ4v) is 2.17. The van der Waals surface area contributed by atoms with Crippen LogP contribution in [0.15, 0.2) is 40.8 Å². The molecule has 0 aliphatic carbocycles. The Balaban J connectivity index is 2.48. The van der Waals surface area contributed by atoms with Crippen LogP contribution in [0.4, 0.5) is 0 Å². The first-order valence-corrected chi connectivity index (χ1v) is 5.32. The molecule has 0 aliphatic heterocycles. The molecular formula is C14H10O3. The fourth-order valence-electron chi connectivity index (χ4n) is 2.17. The molecule has 0 unspecified atom stereocenters. The molecule has 3 nitrogen and oxygen atoms in total. The van der Waals surface area contributed by atoms with E-state index in [9.17, 15) is 4.79 Å². The minimum Gasteiger partial charge on any atom is -0.478 e. The lowest BCUT2D eigenvalue weighted by molar-refractivity contribution is 0.0697. The molecule has 3 heteroatoms. The monoisotopic (exact) mass is 226 g/mol. The van der Waals surface area contributed by atoms with Crippen LogP contribution in [0.3, 0.4) is 0 Å². The number of aromatic carboxylic acids is 1. The second-order valence-electron chi connectivity index (χ2n) is 4.03. The topological polar surface area (TPSA) is 50.4 Å². The van der Waals surface area contributed by atoms with Crippen LogP contribution < -0.4 is 0 Å². The van der Waals surface area contributed by atoms with E-state index in [0.29, 0.717) is 16.7 Å². The molecule has 0 spiro atoms. The highest BCUT2D eigenvalue weighted by Crippen LogP contribution is 2.29. The number of carboxylic acid groups (broad SMARTS) is 1. The highest BCUT2D eigenvalue weighted by Gasteiger charge is 2.17. The quantitative estimate of drug-likeness (QED) is 0.689. The van der Waals surface area contributed by atoms with Crippen molar-refractivity contribution in [3.05, 3.63) is 47.7 Å². The van der Waals surface area contributed by atoms with Crippen LogP contribution in [0, 0.1) is 6.92 Å². The van der Waals surface area contributed by atoms with E-state index in [1.54, 1.807) is 6.92 Å². The summed E-state index contributed by atoms with van der Waals surface area (Å²) in [6, 6.07) is 11.6. The Morgan fingerprint density at radius 3 is 2.47 bits per heavy atom. The molecule has 0 saturated heterocycles. The molecule has 0 fully saturated rings. The van der Waals surface area contributed by atoms with Crippen LogP contribution in [0.5, 0.6) is 0 Å². The van der Waals surface area contributed by atoms with Crippen LogP contribution in [-0.2, 0) is 0 Å². The predicted molar refractivity (Wildman–Crippen MR) is 65.4 cm³/mol. The highest BCUT2D eigenvalue weighted by atomic mass is 16.4. The molecule has 0 atom stereocenters. The number of benzene rings is 2. The van der Waals surface area contributed by atoms with Gasteiger partial charge in [0.15, 0.2) is 0 Å². The Labute approximate surface area is 97.3 Å². The van der Waals surface area contributed by atoms with Gasteiger partial charge in [-0.1, -0.05) is 24.3 Å². The van der Waals surface area contributed by atoms with E-state index in [2.05, 4.69) is 0 Å². The third-order valence-corrected chi connectivity index (χ3v) is 2.95. The zero-order valence-corrected chi connectivity index (χ0v) is 9.23. The second kappa shape index (κ2) is 3.35. The summed E-state index contributed by atoms with van der Waals surface area (Å²) in [4.78, 5) is 11.2. The summed E-state index contributed by atoms with van der Waals surface area (Å²) in [7, 11) is 0. The predicted octanol–water partition coefficient (Wildman–Crippen LogP) is 3.59. The van der Waals surface area contributed by atoms with Gasteiger partial charge in [0, 0.05) is 5.39 Å². The van der Waals surface area contributed by atoms with Gasteiger partial charge in [-0.25, -0.2) is 4.79 Å². The molecule has 2 aromatic carbocycles. The van der Waals surface area contributed by atoms with E-state index in [1.807, 2.05) is 36.4 Å². The normalized spacial score (nSPS) is 11.1. The summed E-state index contributed by atoms with van der Waals surface area (Å²) in [5, 5.41) is 11.9. The van der Waals surface area contributed by atoms with Crippen molar-refractivity contribution in [2.75, 3.05) is 0 Å². The van der Waals surface area contributed by atoms with E-state index in [4.69, 9.17) is 9.52 Å². The molecule has 3 rings (SSSR count). The van der Waals surface area contributed by atoms with Gasteiger partial charge >= 0.3 is 5.97 Å². The van der Waals surface area contributed by atoms with Gasteiger partial charge in [-0.2, -0.15) is 0 Å². The Morgan fingerprint density at radius 2 is 1.82 bits per heavy atom. The number of hydrogen-bond acceptors (Lipinski definition) is 2. The summed E-state index contributed by atoms with van der Waals surface area (Å²) < 4.78 is 5.49. The number of aryl methyl sites for hydroxylation is 1. The van der Waals surface area contributed by atoms with Crippen molar-refractivity contribution in [3.63, 3.8) is 0 Å². The third-order valence-electron chi connectivity index (χ3n) is 2.95. The van der Waals surface area contributed by atoms with Crippen molar-refractivity contribution < 1.29 is 14.3 Å². The average molecular weight is 226 g/mol. The van der Waals surface area contributed by atoms with Gasteiger partial charge in [0.2, 0.25) is 0 Å². The smallest absolute Gasteiger partial charge is 0.339 e. The van der Waals surface area contributed by atoms with Crippen molar-refractivity contribution in [2.45, 2.75) is 6.92 Å². The van der Waals surface area contributed by atoms with Crippen molar-refractivity contribution >= 4 is 27.7 Å². The lowest BCUT2D eigenvalue weighted by atomic mass is 10.1. The van der Waals surface area contributed by atoms with Crippen molar-refractivity contribution in [1.29, 1.82) is 0 Å². The minimum atomic E-state index is -0.948. The number of rotatable bonds is 1. The summed E-state index contributed by atoms with van der Waals surface area (Å²) in [6.45, 7) is 1.67. The van der Waals surface area contributed by atoms with Crippen LogP contribution in [0.25, 0.3) is 21.7 Å². The number of furan rings is 1. The molecule has 1 N–H and O–H groups in total. The zero-order valence-electron chi connectivity index (χ0n) is 9.23. The summed E-state index contributed by atoms with van der Waals surface area (Å²) in [5.74, 6) is -0.501. The molecule has 0 bridgehead atoms.